The molecule has 27 heavy (non-hydrogen) atoms. The summed E-state index contributed by atoms with van der Waals surface area (Å²) in [6.45, 7) is 0.556. The van der Waals surface area contributed by atoms with Gasteiger partial charge in [-0.15, -0.1) is 0 Å². The van der Waals surface area contributed by atoms with Gasteiger partial charge in [0.1, 0.15) is 0 Å². The highest BCUT2D eigenvalue weighted by molar-refractivity contribution is 6.31. The van der Waals surface area contributed by atoms with Gasteiger partial charge in [0.25, 0.3) is 11.6 Å². The van der Waals surface area contributed by atoms with Crippen molar-refractivity contribution in [2.75, 3.05) is 13.6 Å². The third-order valence-corrected chi connectivity index (χ3v) is 4.33. The number of amides is 2. The van der Waals surface area contributed by atoms with Gasteiger partial charge in [-0.1, -0.05) is 29.8 Å². The van der Waals surface area contributed by atoms with Gasteiger partial charge in [-0.3, -0.25) is 19.7 Å². The molecule has 0 unspecified atom stereocenters. The highest BCUT2D eigenvalue weighted by Gasteiger charge is 2.14. The van der Waals surface area contributed by atoms with Crippen molar-refractivity contribution in [3.63, 3.8) is 0 Å². The summed E-state index contributed by atoms with van der Waals surface area (Å²) >= 11 is 6.06. The molecule has 0 aliphatic carbocycles. The zero-order valence-corrected chi connectivity index (χ0v) is 15.6. The fraction of sp³-hybridized carbons (Fsp3) is 0.263. The molecule has 0 radical (unpaired) electrons. The molecule has 8 heteroatoms. The third kappa shape index (κ3) is 6.07. The average Bonchev–Trinajstić information content (AvgIpc) is 2.67. The minimum absolute atomic E-state index is 0.0705. The van der Waals surface area contributed by atoms with E-state index in [0.717, 1.165) is 0 Å². The highest BCUT2D eigenvalue weighted by Crippen LogP contribution is 2.23. The van der Waals surface area contributed by atoms with Gasteiger partial charge in [0.05, 0.1) is 4.92 Å². The molecule has 2 rings (SSSR count). The van der Waals surface area contributed by atoms with Crippen molar-refractivity contribution in [1.29, 1.82) is 0 Å². The molecular weight excluding hydrogens is 370 g/mol. The molecule has 0 aromatic heterocycles. The van der Waals surface area contributed by atoms with E-state index in [9.17, 15) is 19.7 Å². The molecule has 0 atom stereocenters. The normalized spacial score (nSPS) is 10.3. The molecule has 0 heterocycles. The minimum atomic E-state index is -0.503. The molecule has 0 aliphatic rings. The van der Waals surface area contributed by atoms with Crippen LogP contribution in [0.25, 0.3) is 0 Å². The molecule has 0 fully saturated rings. The van der Waals surface area contributed by atoms with Crippen LogP contribution in [-0.4, -0.2) is 35.2 Å². The second kappa shape index (κ2) is 9.68. The second-order valence-electron chi connectivity index (χ2n) is 6.01. The Morgan fingerprint density at radius 1 is 1.19 bits per heavy atom. The minimum Gasteiger partial charge on any atom is -0.352 e. The van der Waals surface area contributed by atoms with Crippen LogP contribution >= 0.6 is 11.6 Å². The van der Waals surface area contributed by atoms with E-state index in [2.05, 4.69) is 5.32 Å². The monoisotopic (exact) mass is 389 g/mol. The number of hydrogen-bond acceptors (Lipinski definition) is 4. The molecule has 0 aliphatic heterocycles. The molecule has 142 valence electrons. The van der Waals surface area contributed by atoms with Crippen LogP contribution < -0.4 is 5.32 Å². The van der Waals surface area contributed by atoms with Crippen LogP contribution in [0.3, 0.4) is 0 Å². The van der Waals surface area contributed by atoms with E-state index >= 15 is 0 Å². The Hall–Kier alpha value is -2.93. The van der Waals surface area contributed by atoms with Crippen molar-refractivity contribution >= 4 is 29.1 Å². The lowest BCUT2D eigenvalue weighted by atomic mass is 10.1. The van der Waals surface area contributed by atoms with Crippen LogP contribution in [0.15, 0.2) is 48.5 Å². The fourth-order valence-electron chi connectivity index (χ4n) is 2.46. The Kier molecular flexibility index (Phi) is 7.31. The predicted molar refractivity (Wildman–Crippen MR) is 103 cm³/mol. The number of hydrogen-bond donors (Lipinski definition) is 1. The van der Waals surface area contributed by atoms with E-state index < -0.39 is 4.92 Å². The van der Waals surface area contributed by atoms with Crippen molar-refractivity contribution in [3.05, 3.63) is 74.8 Å². The summed E-state index contributed by atoms with van der Waals surface area (Å²) in [6, 6.07) is 13.0. The SMILES string of the molecule is CN(Cc1cc([N+](=O)[O-])ccc1Cl)C(=O)CCCNC(=O)c1ccccc1. The van der Waals surface area contributed by atoms with Gasteiger partial charge in [-0.2, -0.15) is 0 Å². The number of nitrogens with one attached hydrogen (secondary N) is 1. The molecule has 2 amide bonds. The van der Waals surface area contributed by atoms with E-state index in [0.29, 0.717) is 29.1 Å². The van der Waals surface area contributed by atoms with Crippen molar-refractivity contribution in [2.45, 2.75) is 19.4 Å². The average molecular weight is 390 g/mol. The number of carbonyl (C=O) groups excluding carboxylic acids is 2. The first-order valence-corrected chi connectivity index (χ1v) is 8.76. The molecule has 0 spiro atoms. The summed E-state index contributed by atoms with van der Waals surface area (Å²) in [5, 5.41) is 14.0. The summed E-state index contributed by atoms with van der Waals surface area (Å²) in [5.74, 6) is -0.314. The maximum absolute atomic E-state index is 12.2. The number of benzene rings is 2. The zero-order valence-electron chi connectivity index (χ0n) is 14.9. The molecule has 0 saturated carbocycles. The van der Waals surface area contributed by atoms with Gasteiger partial charge in [-0.25, -0.2) is 0 Å². The topological polar surface area (TPSA) is 92.5 Å². The van der Waals surface area contributed by atoms with Crippen LogP contribution in [0, 0.1) is 10.1 Å². The first-order chi connectivity index (χ1) is 12.9. The number of nitrogens with zero attached hydrogens (tertiary/aromatic N) is 2. The number of nitro benzene ring substituents is 1. The van der Waals surface area contributed by atoms with Gasteiger partial charge in [0.15, 0.2) is 0 Å². The molecule has 7 nitrogen and oxygen atoms in total. The number of nitro groups is 1. The first-order valence-electron chi connectivity index (χ1n) is 8.38. The molecular formula is C19H20ClN3O4. The van der Waals surface area contributed by atoms with Crippen LogP contribution in [0.2, 0.25) is 5.02 Å². The Morgan fingerprint density at radius 3 is 2.56 bits per heavy atom. The number of halogens is 1. The molecule has 0 saturated heterocycles. The summed E-state index contributed by atoms with van der Waals surface area (Å²) in [5.41, 5.74) is 1.01. The van der Waals surface area contributed by atoms with Crippen LogP contribution in [0.1, 0.15) is 28.8 Å². The molecule has 2 aromatic rings. The number of rotatable bonds is 8. The Labute approximate surface area is 162 Å². The Morgan fingerprint density at radius 2 is 1.89 bits per heavy atom. The second-order valence-corrected chi connectivity index (χ2v) is 6.42. The zero-order chi connectivity index (χ0) is 19.8. The summed E-state index contributed by atoms with van der Waals surface area (Å²) in [7, 11) is 1.61. The number of non-ortho nitro benzene ring substituents is 1. The predicted octanol–water partition coefficient (Wildman–Crippen LogP) is 3.42. The summed E-state index contributed by atoms with van der Waals surface area (Å²) < 4.78 is 0. The highest BCUT2D eigenvalue weighted by atomic mass is 35.5. The van der Waals surface area contributed by atoms with Crippen LogP contribution in [0.4, 0.5) is 5.69 Å². The summed E-state index contributed by atoms with van der Waals surface area (Å²) in [6.07, 6.45) is 0.739. The maximum Gasteiger partial charge on any atom is 0.269 e. The van der Waals surface area contributed by atoms with Crippen molar-refractivity contribution in [1.82, 2.24) is 10.2 Å². The molecule has 0 bridgehead atoms. The van der Waals surface area contributed by atoms with Crippen LogP contribution in [-0.2, 0) is 11.3 Å². The van der Waals surface area contributed by atoms with E-state index in [1.807, 2.05) is 6.07 Å². The first kappa shape index (κ1) is 20.4. The largest absolute Gasteiger partial charge is 0.352 e. The Balaban J connectivity index is 1.80. The third-order valence-electron chi connectivity index (χ3n) is 3.96. The van der Waals surface area contributed by atoms with Gasteiger partial charge in [0.2, 0.25) is 5.91 Å². The van der Waals surface area contributed by atoms with Gasteiger partial charge >= 0.3 is 0 Å². The van der Waals surface area contributed by atoms with Crippen molar-refractivity contribution in [2.24, 2.45) is 0 Å². The standard InChI is InChI=1S/C19H20ClN3O4/c1-22(13-15-12-16(23(26)27)9-10-17(15)20)18(24)8-5-11-21-19(25)14-6-3-2-4-7-14/h2-4,6-7,9-10,12H,5,8,11,13H2,1H3,(H,21,25). The van der Waals surface area contributed by atoms with Crippen molar-refractivity contribution < 1.29 is 14.5 Å². The van der Waals surface area contributed by atoms with Crippen LogP contribution in [0.5, 0.6) is 0 Å². The van der Waals surface area contributed by atoms with Gasteiger partial charge in [-0.05, 0) is 30.2 Å². The maximum atomic E-state index is 12.2. The fourth-order valence-corrected chi connectivity index (χ4v) is 2.64. The lowest BCUT2D eigenvalue weighted by Gasteiger charge is -2.18. The lowest BCUT2D eigenvalue weighted by Crippen LogP contribution is -2.28. The van der Waals surface area contributed by atoms with Gasteiger partial charge in [0, 0.05) is 49.3 Å². The van der Waals surface area contributed by atoms with E-state index in [1.54, 1.807) is 31.3 Å². The smallest absolute Gasteiger partial charge is 0.269 e. The van der Waals surface area contributed by atoms with E-state index in [1.165, 1.54) is 23.1 Å². The quantitative estimate of drug-likeness (QED) is 0.425. The molecule has 2 aromatic carbocycles. The molecule has 1 N–H and O–H groups in total. The summed E-state index contributed by atoms with van der Waals surface area (Å²) in [4.78, 5) is 36.0. The van der Waals surface area contributed by atoms with E-state index in [-0.39, 0.29) is 30.5 Å². The van der Waals surface area contributed by atoms with E-state index in [4.69, 9.17) is 11.6 Å². The number of carbonyl (C=O) groups is 2. The Bertz CT molecular complexity index is 827. The van der Waals surface area contributed by atoms with Crippen molar-refractivity contribution in [3.8, 4) is 0 Å². The lowest BCUT2D eigenvalue weighted by molar-refractivity contribution is -0.384. The van der Waals surface area contributed by atoms with Gasteiger partial charge < -0.3 is 10.2 Å².